The standard InChI is InChI=1S/C24H21BrFNO5/c1-30-24(29)22-20(21-17(28)6-3-7-19(21)32-23(22)27)16-11-14(25)8-9-18(16)31-12-13-4-2-5-15(26)10-13/h2,4-5,8-11,20H,3,6-7,12,27H2,1H3/t20-/m0/s1. The van der Waals surface area contributed by atoms with Gasteiger partial charge < -0.3 is 19.9 Å². The Morgan fingerprint density at radius 2 is 2.06 bits per heavy atom. The van der Waals surface area contributed by atoms with E-state index in [0.717, 1.165) is 4.47 Å². The van der Waals surface area contributed by atoms with Crippen molar-refractivity contribution in [2.45, 2.75) is 31.8 Å². The number of methoxy groups -OCH3 is 1. The maximum Gasteiger partial charge on any atom is 0.340 e. The van der Waals surface area contributed by atoms with Crippen LogP contribution >= 0.6 is 15.9 Å². The van der Waals surface area contributed by atoms with E-state index >= 15 is 0 Å². The van der Waals surface area contributed by atoms with Crippen molar-refractivity contribution in [1.29, 1.82) is 0 Å². The SMILES string of the molecule is COC(=O)C1=C(N)OC2=C(C(=O)CCC2)[C@@H]1c1cc(Br)ccc1OCc1cccc(F)c1. The van der Waals surface area contributed by atoms with E-state index in [1.165, 1.54) is 19.2 Å². The second-order valence-electron chi connectivity index (χ2n) is 7.52. The van der Waals surface area contributed by atoms with Gasteiger partial charge in [0.05, 0.1) is 13.0 Å². The maximum atomic E-state index is 13.6. The lowest BCUT2D eigenvalue weighted by atomic mass is 9.77. The number of ether oxygens (including phenoxy) is 3. The van der Waals surface area contributed by atoms with E-state index in [1.807, 2.05) is 0 Å². The van der Waals surface area contributed by atoms with E-state index < -0.39 is 11.9 Å². The van der Waals surface area contributed by atoms with Crippen LogP contribution in [0.2, 0.25) is 0 Å². The summed E-state index contributed by atoms with van der Waals surface area (Å²) in [6, 6.07) is 11.4. The molecule has 8 heteroatoms. The number of carbonyl (C=O) groups is 2. The lowest BCUT2D eigenvalue weighted by Gasteiger charge is -2.33. The predicted octanol–water partition coefficient (Wildman–Crippen LogP) is 4.63. The summed E-state index contributed by atoms with van der Waals surface area (Å²) in [5, 5.41) is 0. The van der Waals surface area contributed by atoms with Crippen molar-refractivity contribution in [2.24, 2.45) is 5.73 Å². The number of ketones is 1. The minimum absolute atomic E-state index is 0.0511. The zero-order valence-corrected chi connectivity index (χ0v) is 18.9. The Morgan fingerprint density at radius 1 is 1.25 bits per heavy atom. The first kappa shape index (κ1) is 22.1. The highest BCUT2D eigenvalue weighted by Crippen LogP contribution is 2.47. The van der Waals surface area contributed by atoms with E-state index in [-0.39, 0.29) is 29.7 Å². The van der Waals surface area contributed by atoms with Gasteiger partial charge in [0.1, 0.15) is 29.5 Å². The van der Waals surface area contributed by atoms with Crippen LogP contribution in [0.25, 0.3) is 0 Å². The highest BCUT2D eigenvalue weighted by atomic mass is 79.9. The van der Waals surface area contributed by atoms with E-state index in [2.05, 4.69) is 15.9 Å². The third-order valence-corrected chi connectivity index (χ3v) is 5.95. The van der Waals surface area contributed by atoms with Gasteiger partial charge in [-0.2, -0.15) is 0 Å². The molecule has 0 fully saturated rings. The summed E-state index contributed by atoms with van der Waals surface area (Å²) in [6.45, 7) is 0.0994. The normalized spacial score (nSPS) is 18.2. The molecule has 0 saturated carbocycles. The van der Waals surface area contributed by atoms with Crippen molar-refractivity contribution in [2.75, 3.05) is 7.11 Å². The first-order valence-electron chi connectivity index (χ1n) is 10.1. The van der Waals surface area contributed by atoms with Crippen LogP contribution < -0.4 is 10.5 Å². The molecule has 0 unspecified atom stereocenters. The fraction of sp³-hybridized carbons (Fsp3) is 0.250. The van der Waals surface area contributed by atoms with E-state index in [0.29, 0.717) is 47.5 Å². The number of benzene rings is 2. The van der Waals surface area contributed by atoms with Crippen LogP contribution in [-0.4, -0.2) is 18.9 Å². The fourth-order valence-corrected chi connectivity index (χ4v) is 4.42. The highest BCUT2D eigenvalue weighted by molar-refractivity contribution is 9.10. The Balaban J connectivity index is 1.81. The number of allylic oxidation sites excluding steroid dienone is 2. The summed E-state index contributed by atoms with van der Waals surface area (Å²) < 4.78 is 31.0. The monoisotopic (exact) mass is 501 g/mol. The molecule has 2 aliphatic rings. The molecule has 2 N–H and O–H groups in total. The quantitative estimate of drug-likeness (QED) is 0.600. The summed E-state index contributed by atoms with van der Waals surface area (Å²) in [5.41, 5.74) is 7.76. The molecule has 2 aromatic carbocycles. The average molecular weight is 502 g/mol. The summed E-state index contributed by atoms with van der Waals surface area (Å²) in [4.78, 5) is 25.6. The summed E-state index contributed by atoms with van der Waals surface area (Å²) in [5.74, 6) is -1.16. The zero-order valence-electron chi connectivity index (χ0n) is 17.3. The molecule has 0 spiro atoms. The molecule has 0 bridgehead atoms. The molecule has 0 amide bonds. The van der Waals surface area contributed by atoms with Crippen LogP contribution in [-0.2, 0) is 25.7 Å². The van der Waals surface area contributed by atoms with Crippen molar-refractivity contribution < 1.29 is 28.2 Å². The Morgan fingerprint density at radius 3 is 2.81 bits per heavy atom. The second-order valence-corrected chi connectivity index (χ2v) is 8.43. The minimum atomic E-state index is -0.806. The van der Waals surface area contributed by atoms with Gasteiger partial charge in [0.25, 0.3) is 0 Å². The Labute approximate surface area is 193 Å². The number of hydrogen-bond donors (Lipinski definition) is 1. The van der Waals surface area contributed by atoms with Gasteiger partial charge in [-0.05, 0) is 42.3 Å². The number of esters is 1. The topological polar surface area (TPSA) is 87.9 Å². The van der Waals surface area contributed by atoms with Crippen molar-refractivity contribution in [3.63, 3.8) is 0 Å². The molecule has 1 atom stereocenters. The molecule has 1 heterocycles. The fourth-order valence-electron chi connectivity index (χ4n) is 4.04. The average Bonchev–Trinajstić information content (AvgIpc) is 2.77. The smallest absolute Gasteiger partial charge is 0.340 e. The number of carbonyl (C=O) groups excluding carboxylic acids is 2. The lowest BCUT2D eigenvalue weighted by Crippen LogP contribution is -2.31. The molecule has 0 saturated heterocycles. The lowest BCUT2D eigenvalue weighted by molar-refractivity contribution is -0.136. The number of rotatable bonds is 5. The predicted molar refractivity (Wildman–Crippen MR) is 118 cm³/mol. The van der Waals surface area contributed by atoms with E-state index in [9.17, 15) is 14.0 Å². The van der Waals surface area contributed by atoms with Gasteiger partial charge in [-0.25, -0.2) is 9.18 Å². The van der Waals surface area contributed by atoms with Crippen molar-refractivity contribution in [3.05, 3.63) is 86.7 Å². The Bertz CT molecular complexity index is 1160. The number of Topliss-reactive ketones (excluding diaryl/α,β-unsaturated/α-hetero) is 1. The van der Waals surface area contributed by atoms with Crippen LogP contribution in [0.5, 0.6) is 5.75 Å². The number of hydrogen-bond acceptors (Lipinski definition) is 6. The molecule has 0 radical (unpaired) electrons. The van der Waals surface area contributed by atoms with Crippen LogP contribution in [0.3, 0.4) is 0 Å². The highest BCUT2D eigenvalue weighted by Gasteiger charge is 2.42. The third kappa shape index (κ3) is 4.27. The minimum Gasteiger partial charge on any atom is -0.489 e. The number of halogens is 2. The van der Waals surface area contributed by atoms with Crippen molar-refractivity contribution in [1.82, 2.24) is 0 Å². The first-order chi connectivity index (χ1) is 15.4. The van der Waals surface area contributed by atoms with Crippen LogP contribution in [0, 0.1) is 5.82 Å². The summed E-state index contributed by atoms with van der Waals surface area (Å²) in [6.07, 6.45) is 1.54. The molecule has 32 heavy (non-hydrogen) atoms. The molecular formula is C24H21BrFNO5. The van der Waals surface area contributed by atoms with Gasteiger partial charge in [-0.15, -0.1) is 0 Å². The third-order valence-electron chi connectivity index (χ3n) is 5.46. The molecule has 166 valence electrons. The molecule has 2 aromatic rings. The Hall–Kier alpha value is -3.13. The maximum absolute atomic E-state index is 13.6. The summed E-state index contributed by atoms with van der Waals surface area (Å²) in [7, 11) is 1.24. The molecule has 1 aliphatic heterocycles. The first-order valence-corrected chi connectivity index (χ1v) is 10.9. The molecule has 6 nitrogen and oxygen atoms in total. The van der Waals surface area contributed by atoms with Crippen molar-refractivity contribution in [3.8, 4) is 5.75 Å². The largest absolute Gasteiger partial charge is 0.489 e. The van der Waals surface area contributed by atoms with Crippen LogP contribution in [0.15, 0.2) is 69.7 Å². The van der Waals surface area contributed by atoms with Gasteiger partial charge in [-0.1, -0.05) is 28.1 Å². The molecule has 4 rings (SSSR count). The van der Waals surface area contributed by atoms with Gasteiger partial charge in [0, 0.05) is 28.5 Å². The summed E-state index contributed by atoms with van der Waals surface area (Å²) >= 11 is 3.46. The van der Waals surface area contributed by atoms with Gasteiger partial charge in [0.2, 0.25) is 5.88 Å². The molecule has 1 aliphatic carbocycles. The van der Waals surface area contributed by atoms with Gasteiger partial charge >= 0.3 is 5.97 Å². The van der Waals surface area contributed by atoms with E-state index in [4.69, 9.17) is 19.9 Å². The van der Waals surface area contributed by atoms with Crippen LogP contribution in [0.1, 0.15) is 36.3 Å². The van der Waals surface area contributed by atoms with Gasteiger partial charge in [0.15, 0.2) is 5.78 Å². The Kier molecular flexibility index (Phi) is 6.32. The van der Waals surface area contributed by atoms with Crippen molar-refractivity contribution >= 4 is 27.7 Å². The second kappa shape index (κ2) is 9.16. The zero-order chi connectivity index (χ0) is 22.8. The molecular weight excluding hydrogens is 481 g/mol. The number of nitrogens with two attached hydrogens (primary N) is 1. The van der Waals surface area contributed by atoms with Gasteiger partial charge in [-0.3, -0.25) is 4.79 Å². The van der Waals surface area contributed by atoms with E-state index in [1.54, 1.807) is 30.3 Å². The molecule has 0 aromatic heterocycles. The van der Waals surface area contributed by atoms with Crippen LogP contribution in [0.4, 0.5) is 4.39 Å².